The number of aliphatic carboxylic acids is 1. The van der Waals surface area contributed by atoms with Gasteiger partial charge in [-0.25, -0.2) is 0 Å². The first-order valence-corrected chi connectivity index (χ1v) is 8.90. The van der Waals surface area contributed by atoms with Crippen LogP contribution in [0.15, 0.2) is 22.8 Å². The third kappa shape index (κ3) is 2.22. The van der Waals surface area contributed by atoms with E-state index in [9.17, 15) is 19.5 Å². The second-order valence-corrected chi connectivity index (χ2v) is 8.18. The zero-order valence-electron chi connectivity index (χ0n) is 14.7. The Morgan fingerprint density at radius 3 is 2.62 bits per heavy atom. The molecule has 3 rings (SSSR count). The Kier molecular flexibility index (Phi) is 4.05. The molecule has 3 aliphatic carbocycles. The van der Waals surface area contributed by atoms with E-state index >= 15 is 0 Å². The lowest BCUT2D eigenvalue weighted by atomic mass is 9.54. The molecule has 0 aromatic heterocycles. The standard InChI is InChI=1S/C20H26O4/c1-12(2)14-6-7-20(18(23)24)9-8-19(3)15(17(14)20)5-4-13(11-21)10-16(19)22/h4,11-12,15H,5-10H2,1-3H3,(H,23,24)/t15-,19-,20+/m0/s1. The predicted molar refractivity (Wildman–Crippen MR) is 90.4 cm³/mol. The molecule has 1 fully saturated rings. The van der Waals surface area contributed by atoms with Crippen molar-refractivity contribution in [3.8, 4) is 0 Å². The Morgan fingerprint density at radius 2 is 2.04 bits per heavy atom. The van der Waals surface area contributed by atoms with Gasteiger partial charge < -0.3 is 5.11 Å². The van der Waals surface area contributed by atoms with Crippen molar-refractivity contribution < 1.29 is 19.5 Å². The van der Waals surface area contributed by atoms with E-state index in [0.29, 0.717) is 31.3 Å². The van der Waals surface area contributed by atoms with Crippen molar-refractivity contribution in [1.82, 2.24) is 0 Å². The first-order chi connectivity index (χ1) is 11.3. The maximum Gasteiger partial charge on any atom is 0.313 e. The van der Waals surface area contributed by atoms with Crippen molar-refractivity contribution in [2.24, 2.45) is 22.7 Å². The lowest BCUT2D eigenvalue weighted by Gasteiger charge is -2.48. The van der Waals surface area contributed by atoms with E-state index in [1.807, 2.05) is 13.0 Å². The molecule has 0 unspecified atom stereocenters. The van der Waals surface area contributed by atoms with Crippen molar-refractivity contribution in [3.63, 3.8) is 0 Å². The van der Waals surface area contributed by atoms with Gasteiger partial charge in [-0.3, -0.25) is 14.4 Å². The monoisotopic (exact) mass is 330 g/mol. The molecule has 0 saturated heterocycles. The number of Topliss-reactive ketones (excluding diaryl/α,β-unsaturated/α-hetero) is 1. The largest absolute Gasteiger partial charge is 0.481 e. The molecular formula is C20H26O4. The molecule has 0 heterocycles. The molecule has 130 valence electrons. The summed E-state index contributed by atoms with van der Waals surface area (Å²) >= 11 is 0. The maximum atomic E-state index is 12.9. The van der Waals surface area contributed by atoms with Gasteiger partial charge in [0.05, 0.1) is 5.41 Å². The number of carbonyl (C=O) groups excluding carboxylic acids is 2. The van der Waals surface area contributed by atoms with Crippen molar-refractivity contribution in [2.45, 2.75) is 59.3 Å². The van der Waals surface area contributed by atoms with Gasteiger partial charge in [0.15, 0.2) is 0 Å². The van der Waals surface area contributed by atoms with Crippen LogP contribution in [0.4, 0.5) is 0 Å². The zero-order valence-corrected chi connectivity index (χ0v) is 14.7. The minimum absolute atomic E-state index is 0.0878. The van der Waals surface area contributed by atoms with Gasteiger partial charge in [0, 0.05) is 11.8 Å². The fraction of sp³-hybridized carbons (Fsp3) is 0.650. The minimum atomic E-state index is -0.802. The lowest BCUT2D eigenvalue weighted by Crippen LogP contribution is -2.48. The van der Waals surface area contributed by atoms with Crippen LogP contribution in [-0.4, -0.2) is 23.1 Å². The highest BCUT2D eigenvalue weighted by molar-refractivity contribution is 5.94. The van der Waals surface area contributed by atoms with Gasteiger partial charge in [-0.15, -0.1) is 0 Å². The first-order valence-electron chi connectivity index (χ1n) is 8.90. The van der Waals surface area contributed by atoms with E-state index in [4.69, 9.17) is 0 Å². The number of rotatable bonds is 3. The van der Waals surface area contributed by atoms with Crippen LogP contribution < -0.4 is 0 Å². The summed E-state index contributed by atoms with van der Waals surface area (Å²) in [6.07, 6.45) is 6.00. The normalized spacial score (nSPS) is 36.1. The molecule has 4 nitrogen and oxygen atoms in total. The molecule has 0 amide bonds. The Labute approximate surface area is 143 Å². The second kappa shape index (κ2) is 5.68. The number of allylic oxidation sites excluding steroid dienone is 3. The van der Waals surface area contributed by atoms with E-state index in [1.165, 1.54) is 5.57 Å². The highest BCUT2D eigenvalue weighted by Gasteiger charge is 2.59. The van der Waals surface area contributed by atoms with Crippen LogP contribution in [0, 0.1) is 22.7 Å². The number of carboxylic acid groups (broad SMARTS) is 1. The number of ketones is 1. The number of carbonyl (C=O) groups is 3. The molecule has 0 aromatic carbocycles. The molecule has 1 saturated carbocycles. The summed E-state index contributed by atoms with van der Waals surface area (Å²) in [7, 11) is 0. The van der Waals surface area contributed by atoms with Gasteiger partial charge in [-0.05, 0) is 55.1 Å². The molecule has 24 heavy (non-hydrogen) atoms. The lowest BCUT2D eigenvalue weighted by molar-refractivity contribution is -0.151. The maximum absolute atomic E-state index is 12.9. The summed E-state index contributed by atoms with van der Waals surface area (Å²) < 4.78 is 0. The van der Waals surface area contributed by atoms with Crippen molar-refractivity contribution in [1.29, 1.82) is 0 Å². The van der Waals surface area contributed by atoms with Gasteiger partial charge in [0.1, 0.15) is 12.1 Å². The van der Waals surface area contributed by atoms with Gasteiger partial charge in [0.2, 0.25) is 0 Å². The average molecular weight is 330 g/mol. The fourth-order valence-corrected chi connectivity index (χ4v) is 5.17. The molecule has 3 aliphatic rings. The molecule has 0 aliphatic heterocycles. The first kappa shape index (κ1) is 17.1. The Morgan fingerprint density at radius 1 is 1.33 bits per heavy atom. The summed E-state index contributed by atoms with van der Waals surface area (Å²) in [5.41, 5.74) is 1.42. The van der Waals surface area contributed by atoms with Gasteiger partial charge in [0.25, 0.3) is 0 Å². The van der Waals surface area contributed by atoms with E-state index in [-0.39, 0.29) is 24.0 Å². The summed E-state index contributed by atoms with van der Waals surface area (Å²) in [6.45, 7) is 6.20. The summed E-state index contributed by atoms with van der Waals surface area (Å²) in [6, 6.07) is 0. The molecule has 0 aromatic rings. The molecule has 0 radical (unpaired) electrons. The topological polar surface area (TPSA) is 71.4 Å². The van der Waals surface area contributed by atoms with Gasteiger partial charge in [-0.1, -0.05) is 32.4 Å². The highest BCUT2D eigenvalue weighted by Crippen LogP contribution is 2.62. The van der Waals surface area contributed by atoms with Crippen LogP contribution in [0.3, 0.4) is 0 Å². The van der Waals surface area contributed by atoms with Gasteiger partial charge >= 0.3 is 5.97 Å². The number of aldehydes is 1. The van der Waals surface area contributed by atoms with Crippen molar-refractivity contribution >= 4 is 18.0 Å². The minimum Gasteiger partial charge on any atom is -0.481 e. The fourth-order valence-electron chi connectivity index (χ4n) is 5.17. The van der Waals surface area contributed by atoms with E-state index in [2.05, 4.69) is 13.8 Å². The molecule has 3 atom stereocenters. The number of fused-ring (bicyclic) bond motifs is 3. The smallest absolute Gasteiger partial charge is 0.313 e. The predicted octanol–water partition coefficient (Wildman–Crippen LogP) is 3.71. The van der Waals surface area contributed by atoms with Crippen LogP contribution >= 0.6 is 0 Å². The molecule has 1 N–H and O–H groups in total. The van der Waals surface area contributed by atoms with Crippen LogP contribution in [0.5, 0.6) is 0 Å². The molecular weight excluding hydrogens is 304 g/mol. The third-order valence-electron chi connectivity index (χ3n) is 6.75. The van der Waals surface area contributed by atoms with Crippen LogP contribution in [-0.2, 0) is 14.4 Å². The number of hydrogen-bond acceptors (Lipinski definition) is 3. The summed E-state index contributed by atoms with van der Waals surface area (Å²) in [5, 5.41) is 10.0. The molecule has 4 heteroatoms. The van der Waals surface area contributed by atoms with E-state index in [1.54, 1.807) is 0 Å². The van der Waals surface area contributed by atoms with E-state index < -0.39 is 16.8 Å². The number of hydrogen-bond donors (Lipinski definition) is 1. The second-order valence-electron chi connectivity index (χ2n) is 8.18. The third-order valence-corrected chi connectivity index (χ3v) is 6.75. The SMILES string of the molecule is CC(C)C1=C2[C@@H]3CC=C(C=O)CC(=O)[C@@]3(C)CC[C@]2(C(=O)O)CC1. The Balaban J connectivity index is 2.19. The molecule has 0 bridgehead atoms. The Bertz CT molecular complexity index is 669. The average Bonchev–Trinajstić information content (AvgIpc) is 2.88. The van der Waals surface area contributed by atoms with Crippen molar-refractivity contribution in [3.05, 3.63) is 22.8 Å². The van der Waals surface area contributed by atoms with Crippen molar-refractivity contribution in [2.75, 3.05) is 0 Å². The summed E-state index contributed by atoms with van der Waals surface area (Å²) in [4.78, 5) is 36.3. The molecule has 0 spiro atoms. The Hall–Kier alpha value is -1.71. The van der Waals surface area contributed by atoms with Gasteiger partial charge in [-0.2, -0.15) is 0 Å². The van der Waals surface area contributed by atoms with Crippen LogP contribution in [0.25, 0.3) is 0 Å². The quantitative estimate of drug-likeness (QED) is 0.632. The zero-order chi connectivity index (χ0) is 17.7. The highest BCUT2D eigenvalue weighted by atomic mass is 16.4. The van der Waals surface area contributed by atoms with Crippen LogP contribution in [0.2, 0.25) is 0 Å². The van der Waals surface area contributed by atoms with E-state index in [0.717, 1.165) is 18.3 Å². The van der Waals surface area contributed by atoms with Crippen LogP contribution in [0.1, 0.15) is 59.3 Å². The summed E-state index contributed by atoms with van der Waals surface area (Å²) in [5.74, 6) is -0.458. The number of carboxylic acids is 1.